The molecule has 0 radical (unpaired) electrons. The molecule has 0 unspecified atom stereocenters. The van der Waals surface area contributed by atoms with Gasteiger partial charge in [0.2, 0.25) is 0 Å². The van der Waals surface area contributed by atoms with Crippen molar-refractivity contribution < 1.29 is 14.3 Å². The van der Waals surface area contributed by atoms with E-state index in [1.807, 2.05) is 0 Å². The van der Waals surface area contributed by atoms with Crippen LogP contribution in [0, 0.1) is 5.82 Å². The van der Waals surface area contributed by atoms with Gasteiger partial charge in [0, 0.05) is 25.0 Å². The van der Waals surface area contributed by atoms with Crippen molar-refractivity contribution >= 4 is 22.6 Å². The third kappa shape index (κ3) is 4.00. The highest BCUT2D eigenvalue weighted by Crippen LogP contribution is 2.32. The van der Waals surface area contributed by atoms with Crippen molar-refractivity contribution in [3.63, 3.8) is 0 Å². The molecule has 0 bridgehead atoms. The summed E-state index contributed by atoms with van der Waals surface area (Å²) in [6, 6.07) is 3.02. The molecule has 8 heteroatoms. The van der Waals surface area contributed by atoms with Gasteiger partial charge < -0.3 is 10.4 Å². The molecule has 2 aliphatic carbocycles. The number of carboxylic acids is 1. The molecule has 0 atom stereocenters. The fraction of sp³-hybridized carbons (Fsp3) is 0.591. The van der Waals surface area contributed by atoms with Crippen LogP contribution in [0.1, 0.15) is 70.3 Å². The number of hydrogen-bond acceptors (Lipinski definition) is 4. The molecule has 30 heavy (non-hydrogen) atoms. The van der Waals surface area contributed by atoms with Gasteiger partial charge in [-0.1, -0.05) is 25.7 Å². The summed E-state index contributed by atoms with van der Waals surface area (Å²) < 4.78 is 17.6. The molecule has 2 fully saturated rings. The summed E-state index contributed by atoms with van der Waals surface area (Å²) in [6.07, 6.45) is 7.92. The molecule has 0 amide bonds. The maximum absolute atomic E-state index is 14.9. The first kappa shape index (κ1) is 20.6. The Labute approximate surface area is 173 Å². The molecule has 4 rings (SSSR count). The maximum Gasteiger partial charge on any atom is 0.331 e. The Bertz CT molecular complexity index is 1060. The largest absolute Gasteiger partial charge is 0.481 e. The number of nitrogens with one attached hydrogen (secondary N) is 1. The zero-order valence-corrected chi connectivity index (χ0v) is 17.0. The number of anilines is 1. The molecule has 2 aromatic rings. The van der Waals surface area contributed by atoms with E-state index in [0.29, 0.717) is 11.2 Å². The number of halogens is 1. The average Bonchev–Trinajstić information content (AvgIpc) is 3.40. The van der Waals surface area contributed by atoms with Crippen molar-refractivity contribution in [2.24, 2.45) is 0 Å². The second-order valence-electron chi connectivity index (χ2n) is 8.52. The molecule has 1 aromatic carbocycles. The Kier molecular flexibility index (Phi) is 5.92. The standard InChI is InChI=1S/C22H28FN3O4/c23-17-12-16-19(13-18(17)24-14-6-1-2-7-14)26(15-8-3-4-9-15)22(30)25(21(16)29)11-5-10-20(27)28/h12-15,24H,1-11H2,(H,27,28). The van der Waals surface area contributed by atoms with Crippen LogP contribution in [0.15, 0.2) is 21.7 Å². The Morgan fingerprint density at radius 3 is 2.43 bits per heavy atom. The van der Waals surface area contributed by atoms with E-state index in [0.717, 1.165) is 55.9 Å². The number of aromatic nitrogens is 2. The summed E-state index contributed by atoms with van der Waals surface area (Å²) in [4.78, 5) is 37.1. The fourth-order valence-corrected chi connectivity index (χ4v) is 4.90. The molecular formula is C22H28FN3O4. The van der Waals surface area contributed by atoms with Crippen molar-refractivity contribution in [1.82, 2.24) is 9.13 Å². The number of rotatable bonds is 7. The number of hydrogen-bond donors (Lipinski definition) is 2. The highest BCUT2D eigenvalue weighted by Gasteiger charge is 2.25. The van der Waals surface area contributed by atoms with Crippen LogP contribution in [0.2, 0.25) is 0 Å². The van der Waals surface area contributed by atoms with Crippen LogP contribution in [0.5, 0.6) is 0 Å². The third-order valence-electron chi connectivity index (χ3n) is 6.43. The SMILES string of the molecule is O=C(O)CCCn1c(=O)c2cc(F)c(NC3CCCC3)cc2n(C2CCCC2)c1=O. The number of nitrogens with zero attached hydrogens (tertiary/aromatic N) is 2. The van der Waals surface area contributed by atoms with Gasteiger partial charge in [-0.05, 0) is 44.2 Å². The first-order chi connectivity index (χ1) is 14.5. The molecule has 7 nitrogen and oxygen atoms in total. The molecule has 0 spiro atoms. The molecule has 0 saturated heterocycles. The molecule has 2 aliphatic rings. The second-order valence-corrected chi connectivity index (χ2v) is 8.52. The summed E-state index contributed by atoms with van der Waals surface area (Å²) in [7, 11) is 0. The van der Waals surface area contributed by atoms with Crippen LogP contribution >= 0.6 is 0 Å². The van der Waals surface area contributed by atoms with E-state index < -0.39 is 23.0 Å². The third-order valence-corrected chi connectivity index (χ3v) is 6.43. The van der Waals surface area contributed by atoms with E-state index in [9.17, 15) is 18.8 Å². The number of benzene rings is 1. The van der Waals surface area contributed by atoms with Crippen LogP contribution in [-0.4, -0.2) is 26.3 Å². The van der Waals surface area contributed by atoms with E-state index in [4.69, 9.17) is 5.11 Å². The smallest absolute Gasteiger partial charge is 0.331 e. The molecule has 1 heterocycles. The number of carboxylic acid groups (broad SMARTS) is 1. The predicted octanol–water partition coefficient (Wildman–Crippen LogP) is 3.64. The van der Waals surface area contributed by atoms with Crippen LogP contribution in [0.3, 0.4) is 0 Å². The van der Waals surface area contributed by atoms with Gasteiger partial charge in [-0.25, -0.2) is 9.18 Å². The second kappa shape index (κ2) is 8.62. The Morgan fingerprint density at radius 1 is 1.10 bits per heavy atom. The molecular weight excluding hydrogens is 389 g/mol. The van der Waals surface area contributed by atoms with Gasteiger partial charge in [0.25, 0.3) is 5.56 Å². The molecule has 2 N–H and O–H groups in total. The minimum atomic E-state index is -0.978. The van der Waals surface area contributed by atoms with Crippen molar-refractivity contribution in [3.8, 4) is 0 Å². The van der Waals surface area contributed by atoms with E-state index in [2.05, 4.69) is 5.32 Å². The minimum absolute atomic E-state index is 0.0102. The normalized spacial score (nSPS) is 17.8. The Morgan fingerprint density at radius 2 is 1.77 bits per heavy atom. The first-order valence-electron chi connectivity index (χ1n) is 10.9. The Balaban J connectivity index is 1.83. The highest BCUT2D eigenvalue weighted by atomic mass is 19.1. The van der Waals surface area contributed by atoms with Crippen LogP contribution in [0.25, 0.3) is 10.9 Å². The maximum atomic E-state index is 14.9. The fourth-order valence-electron chi connectivity index (χ4n) is 4.90. The zero-order valence-electron chi connectivity index (χ0n) is 17.0. The predicted molar refractivity (Wildman–Crippen MR) is 113 cm³/mol. The van der Waals surface area contributed by atoms with Gasteiger partial charge in [-0.15, -0.1) is 0 Å². The monoisotopic (exact) mass is 417 g/mol. The quantitative estimate of drug-likeness (QED) is 0.718. The van der Waals surface area contributed by atoms with Crippen LogP contribution < -0.4 is 16.6 Å². The van der Waals surface area contributed by atoms with E-state index in [1.54, 1.807) is 10.6 Å². The van der Waals surface area contributed by atoms with Gasteiger partial charge in [0.05, 0.1) is 16.6 Å². The summed E-state index contributed by atoms with van der Waals surface area (Å²) in [6.45, 7) is 0.0102. The van der Waals surface area contributed by atoms with Gasteiger partial charge in [0.15, 0.2) is 0 Å². The number of carbonyl (C=O) groups is 1. The van der Waals surface area contributed by atoms with Crippen molar-refractivity contribution in [2.75, 3.05) is 5.32 Å². The lowest BCUT2D eigenvalue weighted by atomic mass is 10.1. The van der Waals surface area contributed by atoms with Gasteiger partial charge in [-0.2, -0.15) is 0 Å². The lowest BCUT2D eigenvalue weighted by molar-refractivity contribution is -0.137. The van der Waals surface area contributed by atoms with Crippen molar-refractivity contribution in [3.05, 3.63) is 38.8 Å². The van der Waals surface area contributed by atoms with E-state index >= 15 is 0 Å². The lowest BCUT2D eigenvalue weighted by Crippen LogP contribution is -2.41. The first-order valence-corrected chi connectivity index (χ1v) is 10.9. The van der Waals surface area contributed by atoms with E-state index in [-0.39, 0.29) is 36.9 Å². The topological polar surface area (TPSA) is 93.3 Å². The van der Waals surface area contributed by atoms with Gasteiger partial charge in [0.1, 0.15) is 5.82 Å². The summed E-state index contributed by atoms with van der Waals surface area (Å²) >= 11 is 0. The highest BCUT2D eigenvalue weighted by molar-refractivity contribution is 5.82. The lowest BCUT2D eigenvalue weighted by Gasteiger charge is -2.21. The number of aliphatic carboxylic acids is 1. The van der Waals surface area contributed by atoms with Crippen molar-refractivity contribution in [1.29, 1.82) is 0 Å². The van der Waals surface area contributed by atoms with Crippen molar-refractivity contribution in [2.45, 2.75) is 82.8 Å². The molecule has 0 aliphatic heterocycles. The molecule has 1 aromatic heterocycles. The van der Waals surface area contributed by atoms with Crippen LogP contribution in [-0.2, 0) is 11.3 Å². The minimum Gasteiger partial charge on any atom is -0.481 e. The zero-order chi connectivity index (χ0) is 21.3. The average molecular weight is 417 g/mol. The summed E-state index contributed by atoms with van der Waals surface area (Å²) in [5, 5.41) is 12.3. The summed E-state index contributed by atoms with van der Waals surface area (Å²) in [5.41, 5.74) is -0.180. The molecule has 162 valence electrons. The number of fused-ring (bicyclic) bond motifs is 1. The van der Waals surface area contributed by atoms with Gasteiger partial charge in [-0.3, -0.25) is 18.7 Å². The van der Waals surface area contributed by atoms with Gasteiger partial charge >= 0.3 is 11.7 Å². The Hall–Kier alpha value is -2.64. The summed E-state index contributed by atoms with van der Waals surface area (Å²) in [5.74, 6) is -1.48. The molecule has 2 saturated carbocycles. The van der Waals surface area contributed by atoms with Crippen LogP contribution in [0.4, 0.5) is 10.1 Å². The van der Waals surface area contributed by atoms with E-state index in [1.165, 1.54) is 6.07 Å².